The smallest absolute Gasteiger partial charge is 0.337 e. The first-order chi connectivity index (χ1) is 16.6. The Bertz CT molecular complexity index is 1320. The lowest BCUT2D eigenvalue weighted by molar-refractivity contribution is -0.271. The van der Waals surface area contributed by atoms with E-state index in [0.29, 0.717) is 5.56 Å². The number of carbonyl (C=O) groups is 1. The zero-order valence-corrected chi connectivity index (χ0v) is 18.4. The van der Waals surface area contributed by atoms with Crippen molar-refractivity contribution in [2.75, 3.05) is 14.2 Å². The molecule has 0 saturated carbocycles. The van der Waals surface area contributed by atoms with Crippen LogP contribution in [0.15, 0.2) is 45.6 Å². The molecule has 186 valence electrons. The Morgan fingerprint density at radius 3 is 2.37 bits per heavy atom. The second kappa shape index (κ2) is 9.43. The minimum atomic E-state index is -1.80. The van der Waals surface area contributed by atoms with Crippen molar-refractivity contribution >= 4 is 16.9 Å². The van der Waals surface area contributed by atoms with Gasteiger partial charge in [-0.1, -0.05) is 0 Å². The Morgan fingerprint density at radius 2 is 1.69 bits per heavy atom. The molecule has 1 aliphatic heterocycles. The van der Waals surface area contributed by atoms with E-state index < -0.39 is 47.9 Å². The maximum Gasteiger partial charge on any atom is 0.337 e. The number of phenols is 2. The molecule has 0 unspecified atom stereocenters. The molecule has 1 fully saturated rings. The number of carbonyl (C=O) groups excluding carboxylic acids is 1. The van der Waals surface area contributed by atoms with Crippen molar-refractivity contribution in [2.24, 2.45) is 0 Å². The van der Waals surface area contributed by atoms with Crippen LogP contribution in [0.2, 0.25) is 0 Å². The molecule has 0 spiro atoms. The van der Waals surface area contributed by atoms with Crippen molar-refractivity contribution < 1.29 is 53.7 Å². The topological polar surface area (TPSA) is 185 Å². The number of aliphatic hydroxyl groups is 3. The molecule has 5 atom stereocenters. The highest BCUT2D eigenvalue weighted by Crippen LogP contribution is 2.35. The predicted molar refractivity (Wildman–Crippen MR) is 117 cm³/mol. The zero-order chi connectivity index (χ0) is 25.4. The highest BCUT2D eigenvalue weighted by Gasteiger charge is 2.48. The summed E-state index contributed by atoms with van der Waals surface area (Å²) in [6.45, 7) is 0. The Hall–Kier alpha value is -3.84. The fourth-order valence-corrected chi connectivity index (χ4v) is 3.68. The van der Waals surface area contributed by atoms with E-state index in [0.717, 1.165) is 19.2 Å². The molecule has 5 N–H and O–H groups in total. The lowest BCUT2D eigenvalue weighted by Gasteiger charge is -2.38. The van der Waals surface area contributed by atoms with Gasteiger partial charge in [-0.3, -0.25) is 4.79 Å². The van der Waals surface area contributed by atoms with Crippen molar-refractivity contribution in [3.8, 4) is 34.3 Å². The minimum Gasteiger partial charge on any atom is -0.507 e. The summed E-state index contributed by atoms with van der Waals surface area (Å²) in [7, 11) is 2.41. The molecule has 0 radical (unpaired) electrons. The molecular formula is C23H22O12. The van der Waals surface area contributed by atoms with Gasteiger partial charge in [-0.15, -0.1) is 0 Å². The number of methoxy groups -OCH3 is 2. The molecule has 2 aromatic carbocycles. The van der Waals surface area contributed by atoms with Crippen LogP contribution in [0.25, 0.3) is 22.3 Å². The maximum absolute atomic E-state index is 12.7. The standard InChI is InChI=1S/C23H22O12/c1-31-15-5-9(3-4-11(15)24)14-8-13(26)17-12(25)6-10(7-16(17)34-14)33-23-20(29)18(27)19(28)21(35-23)22(30)32-2/h3-8,18-21,23-25,27-29H,1-2H3/t18-,19-,20+,21-,23+/m0/s1. The van der Waals surface area contributed by atoms with Crippen LogP contribution in [0.5, 0.6) is 23.0 Å². The number of hydrogen-bond acceptors (Lipinski definition) is 12. The second-order valence-corrected chi connectivity index (χ2v) is 7.71. The Balaban J connectivity index is 1.71. The van der Waals surface area contributed by atoms with Gasteiger partial charge in [0.05, 0.1) is 14.2 Å². The quantitative estimate of drug-likeness (QED) is 0.307. The van der Waals surface area contributed by atoms with Crippen LogP contribution < -0.4 is 14.9 Å². The Morgan fingerprint density at radius 1 is 0.943 bits per heavy atom. The van der Waals surface area contributed by atoms with Gasteiger partial charge in [-0.05, 0) is 18.2 Å². The van der Waals surface area contributed by atoms with E-state index in [1.807, 2.05) is 0 Å². The van der Waals surface area contributed by atoms with Crippen LogP contribution in [-0.4, -0.2) is 76.4 Å². The van der Waals surface area contributed by atoms with E-state index in [9.17, 15) is 35.1 Å². The van der Waals surface area contributed by atoms with Gasteiger partial charge < -0.3 is 48.9 Å². The largest absolute Gasteiger partial charge is 0.507 e. The Kier molecular flexibility index (Phi) is 6.54. The number of fused-ring (bicyclic) bond motifs is 1. The molecule has 12 heteroatoms. The number of ether oxygens (including phenoxy) is 4. The monoisotopic (exact) mass is 490 g/mol. The third kappa shape index (κ3) is 4.47. The number of benzene rings is 2. The van der Waals surface area contributed by atoms with E-state index in [-0.39, 0.29) is 34.0 Å². The number of phenolic OH excluding ortho intramolecular Hbond substituents is 2. The molecular weight excluding hydrogens is 468 g/mol. The number of aliphatic hydroxyl groups excluding tert-OH is 3. The van der Waals surface area contributed by atoms with Gasteiger partial charge in [-0.2, -0.15) is 0 Å². The van der Waals surface area contributed by atoms with Gasteiger partial charge in [0.25, 0.3) is 0 Å². The van der Waals surface area contributed by atoms with Gasteiger partial charge in [0, 0.05) is 23.8 Å². The summed E-state index contributed by atoms with van der Waals surface area (Å²) in [6, 6.07) is 7.75. The summed E-state index contributed by atoms with van der Waals surface area (Å²) < 4.78 is 26.2. The Labute approximate surface area is 197 Å². The summed E-state index contributed by atoms with van der Waals surface area (Å²) in [5, 5.41) is 50.4. The third-order valence-corrected chi connectivity index (χ3v) is 5.50. The summed E-state index contributed by atoms with van der Waals surface area (Å²) in [4.78, 5) is 24.5. The highest BCUT2D eigenvalue weighted by atomic mass is 16.7. The number of esters is 1. The van der Waals surface area contributed by atoms with Gasteiger partial charge >= 0.3 is 5.97 Å². The average Bonchev–Trinajstić information content (AvgIpc) is 2.83. The average molecular weight is 490 g/mol. The lowest BCUT2D eigenvalue weighted by Crippen LogP contribution is -2.61. The molecule has 0 bridgehead atoms. The van der Waals surface area contributed by atoms with Crippen molar-refractivity contribution in [3.05, 3.63) is 46.6 Å². The molecule has 4 rings (SSSR count). The molecule has 12 nitrogen and oxygen atoms in total. The number of hydrogen-bond donors (Lipinski definition) is 5. The van der Waals surface area contributed by atoms with E-state index in [2.05, 4.69) is 4.74 Å². The maximum atomic E-state index is 12.7. The minimum absolute atomic E-state index is 0.0926. The predicted octanol–water partition coefficient (Wildman–Crippen LogP) is 0.239. The molecule has 0 aliphatic carbocycles. The third-order valence-electron chi connectivity index (χ3n) is 5.50. The van der Waals surface area contributed by atoms with Gasteiger partial charge in [0.15, 0.2) is 23.0 Å². The molecule has 2 heterocycles. The van der Waals surface area contributed by atoms with Crippen LogP contribution in [-0.2, 0) is 14.3 Å². The van der Waals surface area contributed by atoms with Gasteiger partial charge in [0.1, 0.15) is 46.5 Å². The molecule has 1 aromatic heterocycles. The van der Waals surface area contributed by atoms with Crippen LogP contribution in [0.4, 0.5) is 0 Å². The van der Waals surface area contributed by atoms with Gasteiger partial charge in [-0.25, -0.2) is 4.79 Å². The SMILES string of the molecule is COC(=O)[C@H]1O[C@@H](Oc2cc(O)c3c(=O)cc(-c4ccc(O)c(OC)c4)oc3c2)[C@H](O)[C@@H](O)[C@@H]1O. The fourth-order valence-electron chi connectivity index (χ4n) is 3.68. The van der Waals surface area contributed by atoms with E-state index in [1.54, 1.807) is 0 Å². The van der Waals surface area contributed by atoms with E-state index in [1.165, 1.54) is 31.4 Å². The first-order valence-corrected chi connectivity index (χ1v) is 10.3. The van der Waals surface area contributed by atoms with Crippen molar-refractivity contribution in [3.63, 3.8) is 0 Å². The molecule has 1 saturated heterocycles. The molecule has 1 aliphatic rings. The van der Waals surface area contributed by atoms with E-state index in [4.69, 9.17) is 18.6 Å². The first kappa shape index (κ1) is 24.3. The van der Waals surface area contributed by atoms with Crippen LogP contribution in [0.1, 0.15) is 0 Å². The number of aromatic hydroxyl groups is 2. The number of rotatable bonds is 5. The summed E-state index contributed by atoms with van der Waals surface area (Å²) in [5.74, 6) is -1.52. The summed E-state index contributed by atoms with van der Waals surface area (Å²) in [6.07, 6.45) is -8.64. The molecule has 0 amide bonds. The van der Waals surface area contributed by atoms with Crippen LogP contribution in [0, 0.1) is 0 Å². The lowest BCUT2D eigenvalue weighted by atomic mass is 9.99. The van der Waals surface area contributed by atoms with Crippen molar-refractivity contribution in [1.82, 2.24) is 0 Å². The molecule has 3 aromatic rings. The van der Waals surface area contributed by atoms with Crippen LogP contribution in [0.3, 0.4) is 0 Å². The van der Waals surface area contributed by atoms with Crippen molar-refractivity contribution in [1.29, 1.82) is 0 Å². The van der Waals surface area contributed by atoms with Crippen LogP contribution >= 0.6 is 0 Å². The van der Waals surface area contributed by atoms with Gasteiger partial charge in [0.2, 0.25) is 6.29 Å². The van der Waals surface area contributed by atoms with E-state index >= 15 is 0 Å². The summed E-state index contributed by atoms with van der Waals surface area (Å²) in [5.41, 5.74) is -0.269. The normalized spacial score (nSPS) is 24.2. The second-order valence-electron chi connectivity index (χ2n) is 7.71. The molecule has 35 heavy (non-hydrogen) atoms. The zero-order valence-electron chi connectivity index (χ0n) is 18.4. The summed E-state index contributed by atoms with van der Waals surface area (Å²) >= 11 is 0. The first-order valence-electron chi connectivity index (χ1n) is 10.3. The van der Waals surface area contributed by atoms with Crippen molar-refractivity contribution in [2.45, 2.75) is 30.7 Å². The highest BCUT2D eigenvalue weighted by molar-refractivity contribution is 5.86. The fraction of sp³-hybridized carbons (Fsp3) is 0.304.